The van der Waals surface area contributed by atoms with Crippen LogP contribution in [0.1, 0.15) is 12.5 Å². The van der Waals surface area contributed by atoms with E-state index in [0.717, 1.165) is 47.3 Å². The minimum Gasteiger partial charge on any atom is -0.493 e. The first kappa shape index (κ1) is 20.3. The molecule has 29 heavy (non-hydrogen) atoms. The Morgan fingerprint density at radius 1 is 0.862 bits per heavy atom. The number of methoxy groups -OCH3 is 2. The summed E-state index contributed by atoms with van der Waals surface area (Å²) in [5.74, 6) is 3.68. The number of aromatic nitrogens is 2. The van der Waals surface area contributed by atoms with Gasteiger partial charge in [0, 0.05) is 12.6 Å². The lowest BCUT2D eigenvalue weighted by molar-refractivity contribution is 0.342. The van der Waals surface area contributed by atoms with Crippen molar-refractivity contribution in [3.05, 3.63) is 60.4 Å². The first-order chi connectivity index (χ1) is 14.2. The predicted octanol–water partition coefficient (Wildman–Crippen LogP) is 4.29. The average molecular weight is 394 g/mol. The molecule has 1 aromatic heterocycles. The highest BCUT2D eigenvalue weighted by Gasteiger charge is 2.06. The Bertz CT molecular complexity index is 933. The molecule has 1 heterocycles. The molecule has 7 nitrogen and oxygen atoms in total. The molecule has 0 spiro atoms. The van der Waals surface area contributed by atoms with Gasteiger partial charge < -0.3 is 24.8 Å². The second-order valence-corrected chi connectivity index (χ2v) is 6.21. The lowest BCUT2D eigenvalue weighted by Gasteiger charge is -2.13. The zero-order valence-electron chi connectivity index (χ0n) is 16.9. The Kier molecular flexibility index (Phi) is 7.10. The van der Waals surface area contributed by atoms with Crippen LogP contribution >= 0.6 is 0 Å². The second kappa shape index (κ2) is 10.2. The van der Waals surface area contributed by atoms with Gasteiger partial charge in [0.2, 0.25) is 0 Å². The first-order valence-corrected chi connectivity index (χ1v) is 9.49. The van der Waals surface area contributed by atoms with E-state index in [1.165, 1.54) is 6.33 Å². The molecule has 0 fully saturated rings. The average Bonchev–Trinajstić information content (AvgIpc) is 2.75. The van der Waals surface area contributed by atoms with Gasteiger partial charge in [-0.1, -0.05) is 18.2 Å². The predicted molar refractivity (Wildman–Crippen MR) is 115 cm³/mol. The molecule has 3 rings (SSSR count). The molecule has 0 aliphatic heterocycles. The number of benzene rings is 2. The molecule has 0 saturated carbocycles. The summed E-state index contributed by atoms with van der Waals surface area (Å²) in [6.07, 6.45) is 2.35. The zero-order valence-corrected chi connectivity index (χ0v) is 16.9. The lowest BCUT2D eigenvalue weighted by Crippen LogP contribution is -2.07. The van der Waals surface area contributed by atoms with Crippen molar-refractivity contribution in [3.8, 4) is 17.2 Å². The van der Waals surface area contributed by atoms with Crippen LogP contribution in [0.25, 0.3) is 0 Å². The fourth-order valence-electron chi connectivity index (χ4n) is 2.88. The van der Waals surface area contributed by atoms with E-state index in [2.05, 4.69) is 20.6 Å². The van der Waals surface area contributed by atoms with Crippen molar-refractivity contribution in [2.75, 3.05) is 38.0 Å². The van der Waals surface area contributed by atoms with Crippen LogP contribution < -0.4 is 24.8 Å². The molecule has 0 aliphatic rings. The van der Waals surface area contributed by atoms with Crippen LogP contribution in [0.3, 0.4) is 0 Å². The van der Waals surface area contributed by atoms with E-state index in [1.54, 1.807) is 14.2 Å². The van der Waals surface area contributed by atoms with Crippen LogP contribution in [-0.2, 0) is 6.42 Å². The molecular formula is C22H26N4O3. The molecule has 7 heteroatoms. The van der Waals surface area contributed by atoms with Gasteiger partial charge in [0.05, 0.1) is 26.5 Å². The number of nitrogens with one attached hydrogen (secondary N) is 2. The monoisotopic (exact) mass is 394 g/mol. The summed E-state index contributed by atoms with van der Waals surface area (Å²) in [7, 11) is 3.27. The Labute approximate surface area is 171 Å². The van der Waals surface area contributed by atoms with Crippen molar-refractivity contribution in [2.45, 2.75) is 13.3 Å². The molecular weight excluding hydrogens is 368 g/mol. The van der Waals surface area contributed by atoms with Crippen molar-refractivity contribution < 1.29 is 14.2 Å². The second-order valence-electron chi connectivity index (χ2n) is 6.21. The smallest absolute Gasteiger partial charge is 0.160 e. The van der Waals surface area contributed by atoms with E-state index in [1.807, 2.05) is 55.5 Å². The Balaban J connectivity index is 1.61. The largest absolute Gasteiger partial charge is 0.493 e. The maximum Gasteiger partial charge on any atom is 0.160 e. The third-order valence-corrected chi connectivity index (χ3v) is 4.28. The molecule has 0 amide bonds. The molecule has 152 valence electrons. The fourth-order valence-corrected chi connectivity index (χ4v) is 2.88. The molecule has 3 aromatic rings. The van der Waals surface area contributed by atoms with Crippen molar-refractivity contribution in [1.82, 2.24) is 9.97 Å². The summed E-state index contributed by atoms with van der Waals surface area (Å²) >= 11 is 0. The number of hydrogen-bond donors (Lipinski definition) is 2. The van der Waals surface area contributed by atoms with Crippen LogP contribution in [0.5, 0.6) is 17.2 Å². The summed E-state index contributed by atoms with van der Waals surface area (Å²) in [6.45, 7) is 3.29. The summed E-state index contributed by atoms with van der Waals surface area (Å²) < 4.78 is 16.3. The van der Waals surface area contributed by atoms with Gasteiger partial charge in [0.25, 0.3) is 0 Å². The Morgan fingerprint density at radius 3 is 2.45 bits per heavy atom. The summed E-state index contributed by atoms with van der Waals surface area (Å²) in [6, 6.07) is 15.6. The molecule has 0 bridgehead atoms. The molecule has 0 aliphatic carbocycles. The molecule has 2 N–H and O–H groups in total. The fraction of sp³-hybridized carbons (Fsp3) is 0.273. The minimum atomic E-state index is 0.603. The number of anilines is 3. The van der Waals surface area contributed by atoms with Crippen LogP contribution in [0.15, 0.2) is 54.9 Å². The summed E-state index contributed by atoms with van der Waals surface area (Å²) in [5, 5.41) is 6.62. The normalized spacial score (nSPS) is 10.3. The van der Waals surface area contributed by atoms with Crippen LogP contribution in [0, 0.1) is 0 Å². The van der Waals surface area contributed by atoms with Gasteiger partial charge in [-0.25, -0.2) is 9.97 Å². The molecule has 0 saturated heterocycles. The molecule has 0 unspecified atom stereocenters. The highest BCUT2D eigenvalue weighted by Crippen LogP contribution is 2.28. The molecule has 0 atom stereocenters. The lowest BCUT2D eigenvalue weighted by atomic mass is 10.1. The van der Waals surface area contributed by atoms with E-state index >= 15 is 0 Å². The van der Waals surface area contributed by atoms with Crippen molar-refractivity contribution in [2.24, 2.45) is 0 Å². The van der Waals surface area contributed by atoms with E-state index in [9.17, 15) is 0 Å². The zero-order chi connectivity index (χ0) is 20.5. The summed E-state index contributed by atoms with van der Waals surface area (Å²) in [4.78, 5) is 8.59. The third-order valence-electron chi connectivity index (χ3n) is 4.28. The van der Waals surface area contributed by atoms with Gasteiger partial charge in [-0.15, -0.1) is 0 Å². The highest BCUT2D eigenvalue weighted by atomic mass is 16.5. The minimum absolute atomic E-state index is 0.603. The van der Waals surface area contributed by atoms with Crippen LogP contribution in [0.4, 0.5) is 17.3 Å². The number of hydrogen-bond acceptors (Lipinski definition) is 7. The maximum atomic E-state index is 5.65. The SMILES string of the molecule is CCOc1ccccc1Nc1cc(NCCc2ccc(OC)c(OC)c2)ncn1. The first-order valence-electron chi connectivity index (χ1n) is 9.49. The van der Waals surface area contributed by atoms with E-state index < -0.39 is 0 Å². The Morgan fingerprint density at radius 2 is 1.66 bits per heavy atom. The number of para-hydroxylation sites is 2. The third kappa shape index (κ3) is 5.51. The highest BCUT2D eigenvalue weighted by molar-refractivity contribution is 5.65. The standard InChI is InChI=1S/C22H26N4O3/c1-4-29-18-8-6-5-7-17(18)26-22-14-21(24-15-25-22)23-12-11-16-9-10-19(27-2)20(13-16)28-3/h5-10,13-15H,4,11-12H2,1-3H3,(H2,23,24,25,26). The van der Waals surface area contributed by atoms with Crippen LogP contribution in [0.2, 0.25) is 0 Å². The summed E-state index contributed by atoms with van der Waals surface area (Å²) in [5.41, 5.74) is 2.01. The quantitative estimate of drug-likeness (QED) is 0.531. The van der Waals surface area contributed by atoms with Crippen molar-refractivity contribution in [3.63, 3.8) is 0 Å². The number of nitrogens with zero attached hydrogens (tertiary/aromatic N) is 2. The van der Waals surface area contributed by atoms with Gasteiger partial charge in [0.15, 0.2) is 11.5 Å². The van der Waals surface area contributed by atoms with E-state index in [4.69, 9.17) is 14.2 Å². The van der Waals surface area contributed by atoms with Gasteiger partial charge in [-0.05, 0) is 43.2 Å². The van der Waals surface area contributed by atoms with Gasteiger partial charge >= 0.3 is 0 Å². The Hall–Kier alpha value is -3.48. The topological polar surface area (TPSA) is 77.5 Å². The maximum absolute atomic E-state index is 5.65. The van der Waals surface area contributed by atoms with Crippen molar-refractivity contribution in [1.29, 1.82) is 0 Å². The van der Waals surface area contributed by atoms with Gasteiger partial charge in [0.1, 0.15) is 23.7 Å². The number of ether oxygens (including phenoxy) is 3. The van der Waals surface area contributed by atoms with Gasteiger partial charge in [-0.3, -0.25) is 0 Å². The van der Waals surface area contributed by atoms with Crippen LogP contribution in [-0.4, -0.2) is 37.3 Å². The van der Waals surface area contributed by atoms with Crippen molar-refractivity contribution >= 4 is 17.3 Å². The van der Waals surface area contributed by atoms with E-state index in [-0.39, 0.29) is 0 Å². The van der Waals surface area contributed by atoms with E-state index in [0.29, 0.717) is 12.4 Å². The number of rotatable bonds is 10. The molecule has 0 radical (unpaired) electrons. The van der Waals surface area contributed by atoms with Gasteiger partial charge in [-0.2, -0.15) is 0 Å². The molecule has 2 aromatic carbocycles.